The van der Waals surface area contributed by atoms with Crippen molar-refractivity contribution in [2.75, 3.05) is 13.7 Å². The van der Waals surface area contributed by atoms with Crippen molar-refractivity contribution >= 4 is 0 Å². The lowest BCUT2D eigenvalue weighted by atomic mass is 9.84. The van der Waals surface area contributed by atoms with E-state index in [1.54, 1.807) is 0 Å². The summed E-state index contributed by atoms with van der Waals surface area (Å²) < 4.78 is 1.89. The van der Waals surface area contributed by atoms with Crippen LogP contribution in [-0.2, 0) is 13.6 Å². The molecule has 0 spiro atoms. The molecule has 0 amide bonds. The number of aromatic nitrogens is 2. The first-order valence-corrected chi connectivity index (χ1v) is 9.52. The third-order valence-corrected chi connectivity index (χ3v) is 5.60. The van der Waals surface area contributed by atoms with E-state index < -0.39 is 0 Å². The molecule has 136 valence electrons. The van der Waals surface area contributed by atoms with Gasteiger partial charge in [0.25, 0.3) is 0 Å². The van der Waals surface area contributed by atoms with Crippen LogP contribution < -0.4 is 0 Å². The Morgan fingerprint density at radius 3 is 2.52 bits per heavy atom. The van der Waals surface area contributed by atoms with E-state index in [2.05, 4.69) is 40.5 Å². The summed E-state index contributed by atoms with van der Waals surface area (Å²) in [5.74, 6) is 0.738. The second-order valence-electron chi connectivity index (χ2n) is 7.58. The van der Waals surface area contributed by atoms with E-state index in [0.717, 1.165) is 18.2 Å². The van der Waals surface area contributed by atoms with Crippen molar-refractivity contribution in [1.82, 2.24) is 14.7 Å². The van der Waals surface area contributed by atoms with E-state index in [4.69, 9.17) is 0 Å². The number of aliphatic hydroxyl groups is 1. The van der Waals surface area contributed by atoms with Crippen LogP contribution >= 0.6 is 0 Å². The second-order valence-corrected chi connectivity index (χ2v) is 7.58. The number of likely N-dealkylation sites (N-methyl/N-ethyl adjacent to an activating group) is 1. The highest BCUT2D eigenvalue weighted by molar-refractivity contribution is 5.63. The maximum Gasteiger partial charge on any atom is 0.0968 e. The van der Waals surface area contributed by atoms with Crippen LogP contribution in [-0.4, -0.2) is 39.5 Å². The number of hydrogen-bond acceptors (Lipinski definition) is 3. The molecular weight excluding hydrogens is 310 g/mol. The molecule has 1 fully saturated rings. The number of nitrogens with zero attached hydrogens (tertiary/aromatic N) is 3. The first-order chi connectivity index (χ1) is 12.1. The van der Waals surface area contributed by atoms with Crippen molar-refractivity contribution in [2.24, 2.45) is 7.05 Å². The van der Waals surface area contributed by atoms with Crippen molar-refractivity contribution < 1.29 is 5.11 Å². The molecule has 1 N–H and O–H groups in total. The van der Waals surface area contributed by atoms with Gasteiger partial charge in [-0.1, -0.05) is 43.5 Å². The summed E-state index contributed by atoms with van der Waals surface area (Å²) in [7, 11) is 4.02. The van der Waals surface area contributed by atoms with Crippen LogP contribution in [0.1, 0.15) is 56.1 Å². The highest BCUT2D eigenvalue weighted by atomic mass is 16.3. The van der Waals surface area contributed by atoms with Gasteiger partial charge in [-0.05, 0) is 38.3 Å². The van der Waals surface area contributed by atoms with Gasteiger partial charge in [-0.2, -0.15) is 5.10 Å². The average Bonchev–Trinajstić information content (AvgIpc) is 3.02. The Morgan fingerprint density at radius 2 is 1.88 bits per heavy atom. The SMILES string of the molecule is CC(CO)N(C)Cc1cn(C)nc1-c1ccc(C2CCCCC2)cc1. The van der Waals surface area contributed by atoms with Crippen molar-refractivity contribution in [2.45, 2.75) is 57.5 Å². The number of aryl methyl sites for hydroxylation is 1. The fraction of sp³-hybridized carbons (Fsp3) is 0.571. The number of hydrogen-bond donors (Lipinski definition) is 1. The average molecular weight is 341 g/mol. The molecule has 25 heavy (non-hydrogen) atoms. The molecule has 1 saturated carbocycles. The molecule has 0 saturated heterocycles. The highest BCUT2D eigenvalue weighted by Crippen LogP contribution is 2.33. The maximum absolute atomic E-state index is 9.37. The van der Waals surface area contributed by atoms with Gasteiger partial charge in [-0.15, -0.1) is 0 Å². The Morgan fingerprint density at radius 1 is 1.20 bits per heavy atom. The van der Waals surface area contributed by atoms with E-state index in [9.17, 15) is 5.11 Å². The van der Waals surface area contributed by atoms with Gasteiger partial charge >= 0.3 is 0 Å². The van der Waals surface area contributed by atoms with Gasteiger partial charge in [0, 0.05) is 37.0 Å². The molecule has 0 aliphatic heterocycles. The van der Waals surface area contributed by atoms with E-state index in [1.165, 1.54) is 48.8 Å². The molecule has 3 rings (SSSR count). The molecule has 4 heteroatoms. The quantitative estimate of drug-likeness (QED) is 0.865. The predicted octanol–water partition coefficient (Wildman–Crippen LogP) is 3.95. The zero-order valence-corrected chi connectivity index (χ0v) is 15.8. The summed E-state index contributed by atoms with van der Waals surface area (Å²) in [5, 5.41) is 14.1. The van der Waals surface area contributed by atoms with Gasteiger partial charge in [-0.3, -0.25) is 9.58 Å². The van der Waals surface area contributed by atoms with Gasteiger partial charge < -0.3 is 5.11 Å². The van der Waals surface area contributed by atoms with Gasteiger partial charge in [0.2, 0.25) is 0 Å². The molecule has 2 aromatic rings. The van der Waals surface area contributed by atoms with Crippen LogP contribution in [0.25, 0.3) is 11.3 Å². The fourth-order valence-corrected chi connectivity index (χ4v) is 3.81. The minimum atomic E-state index is 0.140. The molecule has 1 heterocycles. The summed E-state index contributed by atoms with van der Waals surface area (Å²) in [6.45, 7) is 2.99. The Bertz CT molecular complexity index is 671. The molecule has 1 aromatic carbocycles. The molecular formula is C21H31N3O. The van der Waals surface area contributed by atoms with Crippen LogP contribution in [0.4, 0.5) is 0 Å². The largest absolute Gasteiger partial charge is 0.395 e. The normalized spacial score (nSPS) is 17.2. The topological polar surface area (TPSA) is 41.3 Å². The fourth-order valence-electron chi connectivity index (χ4n) is 3.81. The van der Waals surface area contributed by atoms with Crippen molar-refractivity contribution in [1.29, 1.82) is 0 Å². The van der Waals surface area contributed by atoms with E-state index in [-0.39, 0.29) is 12.6 Å². The Kier molecular flexibility index (Phi) is 5.92. The van der Waals surface area contributed by atoms with E-state index >= 15 is 0 Å². The van der Waals surface area contributed by atoms with Crippen LogP contribution in [0.5, 0.6) is 0 Å². The molecule has 0 radical (unpaired) electrons. The zero-order valence-electron chi connectivity index (χ0n) is 15.8. The Hall–Kier alpha value is -1.65. The lowest BCUT2D eigenvalue weighted by molar-refractivity contribution is 0.154. The van der Waals surface area contributed by atoms with Crippen LogP contribution in [0, 0.1) is 0 Å². The summed E-state index contributed by atoms with van der Waals surface area (Å²) in [6.07, 6.45) is 8.88. The molecule has 1 aromatic heterocycles. The Balaban J connectivity index is 1.79. The second kappa shape index (κ2) is 8.15. The summed E-state index contributed by atoms with van der Waals surface area (Å²) in [5.41, 5.74) is 4.91. The number of rotatable bonds is 6. The smallest absolute Gasteiger partial charge is 0.0968 e. The first-order valence-electron chi connectivity index (χ1n) is 9.52. The molecule has 0 bridgehead atoms. The summed E-state index contributed by atoms with van der Waals surface area (Å²) >= 11 is 0. The van der Waals surface area contributed by atoms with Gasteiger partial charge in [0.1, 0.15) is 0 Å². The lowest BCUT2D eigenvalue weighted by Crippen LogP contribution is -2.31. The highest BCUT2D eigenvalue weighted by Gasteiger charge is 2.17. The number of benzene rings is 1. The standard InChI is InChI=1S/C21H31N3O/c1-16(15-25)23(2)13-20-14-24(3)22-21(20)19-11-9-18(10-12-19)17-7-5-4-6-8-17/h9-12,14,16-17,25H,4-8,13,15H2,1-3H3. The molecule has 1 unspecified atom stereocenters. The Labute approximate surface area is 151 Å². The first kappa shape index (κ1) is 18.2. The minimum absolute atomic E-state index is 0.140. The lowest BCUT2D eigenvalue weighted by Gasteiger charge is -2.23. The van der Waals surface area contributed by atoms with Crippen molar-refractivity contribution in [3.63, 3.8) is 0 Å². The molecule has 1 aliphatic carbocycles. The van der Waals surface area contributed by atoms with Crippen LogP contribution in [0.15, 0.2) is 30.5 Å². The zero-order chi connectivity index (χ0) is 17.8. The number of aliphatic hydroxyl groups excluding tert-OH is 1. The third-order valence-electron chi connectivity index (χ3n) is 5.60. The molecule has 1 atom stereocenters. The van der Waals surface area contributed by atoms with Crippen LogP contribution in [0.3, 0.4) is 0 Å². The summed E-state index contributed by atoms with van der Waals surface area (Å²) in [6, 6.07) is 9.19. The van der Waals surface area contributed by atoms with E-state index in [1.807, 2.05) is 25.7 Å². The minimum Gasteiger partial charge on any atom is -0.395 e. The summed E-state index contributed by atoms with van der Waals surface area (Å²) in [4.78, 5) is 2.16. The van der Waals surface area contributed by atoms with Gasteiger partial charge in [0.15, 0.2) is 0 Å². The van der Waals surface area contributed by atoms with Gasteiger partial charge in [0.05, 0.1) is 12.3 Å². The maximum atomic E-state index is 9.37. The monoisotopic (exact) mass is 341 g/mol. The molecule has 4 nitrogen and oxygen atoms in total. The molecule has 1 aliphatic rings. The third kappa shape index (κ3) is 4.31. The van der Waals surface area contributed by atoms with Crippen LogP contribution in [0.2, 0.25) is 0 Å². The van der Waals surface area contributed by atoms with Crippen molar-refractivity contribution in [3.8, 4) is 11.3 Å². The van der Waals surface area contributed by atoms with Crippen molar-refractivity contribution in [3.05, 3.63) is 41.6 Å². The predicted molar refractivity (Wildman–Crippen MR) is 102 cm³/mol. The van der Waals surface area contributed by atoms with Gasteiger partial charge in [-0.25, -0.2) is 0 Å². The van der Waals surface area contributed by atoms with E-state index in [0.29, 0.717) is 0 Å².